The normalized spacial score (nSPS) is 16.4. The molecular weight excluding hydrogens is 1390 g/mol. The van der Waals surface area contributed by atoms with Crippen LogP contribution in [0.5, 0.6) is 0 Å². The van der Waals surface area contributed by atoms with Crippen LogP contribution in [-0.4, -0.2) is 42.1 Å². The second kappa shape index (κ2) is 38.7. The van der Waals surface area contributed by atoms with Crippen LogP contribution < -0.4 is 26.3 Å². The van der Waals surface area contributed by atoms with E-state index in [1.807, 2.05) is 57.2 Å². The van der Waals surface area contributed by atoms with E-state index in [1.165, 1.54) is 56.4 Å². The smallest absolute Gasteiger partial charge is 0.194 e. The van der Waals surface area contributed by atoms with Gasteiger partial charge in [-0.05, 0) is 184 Å². The average molecular weight is 1470 g/mol. The maximum Gasteiger partial charge on any atom is 0.194 e. The number of nitrogens with one attached hydrogen (secondary N) is 1. The third-order valence-electron chi connectivity index (χ3n) is 15.7. The number of unbranched alkanes of at least 4 members (excludes halogenated alkanes) is 2. The van der Waals surface area contributed by atoms with Crippen molar-refractivity contribution in [3.05, 3.63) is 262 Å². The summed E-state index contributed by atoms with van der Waals surface area (Å²) >= 11 is 1.72. The SMILES string of the molecule is CC.CCCCN(P(c1cc(F)c(F)c(F)c1)c1cc(F)c(F)c(F)c1)P1[C@@H](c2ccccc2)CC[C@@H]1c1ccccc1.CCCCNP1[C@H](c2ccccc2)CC[C@H]1c1ccccc1.CCN(CC)CC.Fc1cc(P(I)c2cc(F)c(F)c(F)c2)cc(F)c1F. The van der Waals surface area contributed by atoms with Crippen molar-refractivity contribution in [1.29, 1.82) is 0 Å². The summed E-state index contributed by atoms with van der Waals surface area (Å²) in [4.78, 5) is 2.38. The van der Waals surface area contributed by atoms with Gasteiger partial charge in [-0.15, -0.1) is 0 Å². The molecule has 3 nitrogen and oxygen atoms in total. The molecule has 8 aromatic rings. The van der Waals surface area contributed by atoms with Crippen molar-refractivity contribution in [3.8, 4) is 0 Å². The first kappa shape index (κ1) is 76.3. The van der Waals surface area contributed by atoms with Crippen molar-refractivity contribution in [2.75, 3.05) is 32.7 Å². The van der Waals surface area contributed by atoms with Crippen LogP contribution in [0.15, 0.2) is 170 Å². The van der Waals surface area contributed by atoms with E-state index >= 15 is 0 Å². The van der Waals surface area contributed by atoms with Crippen LogP contribution in [-0.2, 0) is 0 Å². The van der Waals surface area contributed by atoms with Crippen molar-refractivity contribution in [3.63, 3.8) is 0 Å². The molecule has 8 aromatic carbocycles. The third-order valence-corrected chi connectivity index (χ3v) is 29.9. The minimum absolute atomic E-state index is 0.0300. The Morgan fingerprint density at radius 3 is 0.946 bits per heavy atom. The zero-order valence-electron chi connectivity index (χ0n) is 52.8. The first-order chi connectivity index (χ1) is 44.3. The van der Waals surface area contributed by atoms with Crippen LogP contribution in [0.2, 0.25) is 0 Å². The summed E-state index contributed by atoms with van der Waals surface area (Å²) in [7, 11) is -3.33. The Labute approximate surface area is 553 Å². The van der Waals surface area contributed by atoms with Crippen LogP contribution >= 0.6 is 51.8 Å². The van der Waals surface area contributed by atoms with Gasteiger partial charge in [0.1, 0.15) is 0 Å². The van der Waals surface area contributed by atoms with Gasteiger partial charge < -0.3 is 4.90 Å². The summed E-state index contributed by atoms with van der Waals surface area (Å²) in [5, 5.41) is 4.15. The number of rotatable bonds is 20. The van der Waals surface area contributed by atoms with Crippen LogP contribution in [0.3, 0.4) is 0 Å². The molecule has 0 aromatic heterocycles. The Morgan fingerprint density at radius 2 is 0.674 bits per heavy atom. The van der Waals surface area contributed by atoms with Crippen LogP contribution in [0, 0.1) is 69.8 Å². The highest BCUT2D eigenvalue weighted by Gasteiger charge is 2.45. The second-order valence-electron chi connectivity index (χ2n) is 21.5. The van der Waals surface area contributed by atoms with Crippen molar-refractivity contribution in [2.24, 2.45) is 0 Å². The minimum atomic E-state index is -1.99. The van der Waals surface area contributed by atoms with Crippen LogP contribution in [0.4, 0.5) is 52.7 Å². The van der Waals surface area contributed by atoms with Crippen molar-refractivity contribution in [2.45, 2.75) is 122 Å². The highest BCUT2D eigenvalue weighted by Crippen LogP contribution is 2.76. The molecule has 2 aliphatic heterocycles. The molecule has 1 N–H and O–H groups in total. The lowest BCUT2D eigenvalue weighted by molar-refractivity contribution is 0.321. The van der Waals surface area contributed by atoms with Gasteiger partial charge in [0.05, 0.1) is 0 Å². The van der Waals surface area contributed by atoms with E-state index in [-0.39, 0.29) is 40.6 Å². The first-order valence-electron chi connectivity index (χ1n) is 31.2. The number of hydrogen-bond acceptors (Lipinski definition) is 3. The average Bonchev–Trinajstić information content (AvgIpc) is 1.44. The third kappa shape index (κ3) is 20.4. The highest BCUT2D eigenvalue weighted by molar-refractivity contribution is 14.2. The van der Waals surface area contributed by atoms with Crippen molar-refractivity contribution >= 4 is 73.0 Å². The molecule has 20 heteroatoms. The Morgan fingerprint density at radius 1 is 0.402 bits per heavy atom. The molecule has 4 atom stereocenters. The number of benzene rings is 8. The Balaban J connectivity index is 0.000000222. The Hall–Kier alpha value is -4.75. The monoisotopic (exact) mass is 1470 g/mol. The van der Waals surface area contributed by atoms with Crippen molar-refractivity contribution in [1.82, 2.24) is 14.4 Å². The summed E-state index contributed by atoms with van der Waals surface area (Å²) in [6.07, 6.45) is 8.37. The fourth-order valence-electron chi connectivity index (χ4n) is 11.0. The standard InChI is InChI=1S/C32H29F6NP2.C20H26NP.C12H4F6IP.C6H15N.C2H6/c1-2-3-16-39(41-29(21-10-6-4-7-11-21)14-15-30(41)22-12-8-5-9-13-22)40(23-17-25(33)31(37)26(34)18-23)24-19-27(35)32(38)28(36)20-24;1-2-3-16-21-22-19(17-10-6-4-7-11-17)14-15-20(22)18-12-8-5-9-13-18;13-7-1-5(2-8(14)11(7)17)20(19)6-3-9(15)12(18)10(16)4-6;1-4-7(5-2)6-3;1-2/h4-13,17-20,29-30H,2-3,14-16H2,1H3;4-13,19-21H,2-3,14-16H2,1H3;1-4H;4-6H2,1-3H3;1-2H3/t29-,30-;19-,20-;;;/m10.../s1. The molecule has 0 spiro atoms. The predicted octanol–water partition coefficient (Wildman–Crippen LogP) is 22.4. The zero-order chi connectivity index (χ0) is 67.0. The lowest BCUT2D eigenvalue weighted by atomic mass is 10.0. The number of nitrogens with zero attached hydrogens (tertiary/aromatic N) is 2. The van der Waals surface area contributed by atoms with E-state index in [2.05, 4.69) is 127 Å². The molecule has 10 rings (SSSR count). The van der Waals surface area contributed by atoms with Crippen LogP contribution in [0.25, 0.3) is 0 Å². The topological polar surface area (TPSA) is 18.5 Å². The summed E-state index contributed by atoms with van der Waals surface area (Å²) in [5.41, 5.74) is 5.22. The quantitative estimate of drug-likeness (QED) is 0.0270. The molecule has 0 unspecified atom stereocenters. The lowest BCUT2D eigenvalue weighted by Gasteiger charge is -2.42. The summed E-state index contributed by atoms with van der Waals surface area (Å²) in [6, 6.07) is 48.8. The summed E-state index contributed by atoms with van der Waals surface area (Å²) < 4.78 is 167. The van der Waals surface area contributed by atoms with Crippen LogP contribution in [0.1, 0.15) is 145 Å². The lowest BCUT2D eigenvalue weighted by Crippen LogP contribution is -2.29. The van der Waals surface area contributed by atoms with Gasteiger partial charge in [-0.3, -0.25) is 9.53 Å². The molecule has 2 fully saturated rings. The molecule has 2 saturated heterocycles. The van der Waals surface area contributed by atoms with E-state index < -0.39 is 91.5 Å². The predicted molar refractivity (Wildman–Crippen MR) is 370 cm³/mol. The van der Waals surface area contributed by atoms with Gasteiger partial charge >= 0.3 is 0 Å². The van der Waals surface area contributed by atoms with Gasteiger partial charge in [0, 0.05) is 53.4 Å². The number of hydrogen-bond donors (Lipinski definition) is 1. The molecule has 0 amide bonds. The Bertz CT molecular complexity index is 3200. The van der Waals surface area contributed by atoms with E-state index in [0.717, 1.165) is 85.5 Å². The molecule has 0 saturated carbocycles. The molecule has 0 aliphatic carbocycles. The van der Waals surface area contributed by atoms with E-state index in [1.54, 1.807) is 22.0 Å². The summed E-state index contributed by atoms with van der Waals surface area (Å²) in [6.45, 7) is 20.0. The summed E-state index contributed by atoms with van der Waals surface area (Å²) in [5.74, 6) is -17.6. The molecule has 2 aliphatic rings. The molecule has 92 heavy (non-hydrogen) atoms. The van der Waals surface area contributed by atoms with Gasteiger partial charge in [0.15, 0.2) is 69.8 Å². The minimum Gasteiger partial charge on any atom is -0.304 e. The molecule has 0 radical (unpaired) electrons. The van der Waals surface area contributed by atoms with Gasteiger partial charge in [-0.25, -0.2) is 52.7 Å². The Kier molecular flexibility index (Phi) is 32.1. The van der Waals surface area contributed by atoms with Gasteiger partial charge in [0.2, 0.25) is 0 Å². The van der Waals surface area contributed by atoms with Gasteiger partial charge in [-0.2, -0.15) is 0 Å². The van der Waals surface area contributed by atoms with Gasteiger partial charge in [0.25, 0.3) is 0 Å². The highest BCUT2D eigenvalue weighted by atomic mass is 127. The van der Waals surface area contributed by atoms with E-state index in [0.29, 0.717) is 24.3 Å². The molecule has 494 valence electrons. The second-order valence-corrected chi connectivity index (χ2v) is 33.3. The van der Waals surface area contributed by atoms with E-state index in [4.69, 9.17) is 0 Å². The first-order valence-corrected chi connectivity index (χ1v) is 39.5. The fourth-order valence-corrected chi connectivity index (χ4v) is 24.6. The molecule has 2 heterocycles. The van der Waals surface area contributed by atoms with E-state index in [9.17, 15) is 52.7 Å². The van der Waals surface area contributed by atoms with Crippen molar-refractivity contribution < 1.29 is 52.7 Å². The zero-order valence-corrected chi connectivity index (χ0v) is 58.5. The fraction of sp³-hybridized carbons (Fsp3) is 0.333. The van der Waals surface area contributed by atoms with Gasteiger partial charge in [-0.1, -0.05) is 183 Å². The maximum absolute atomic E-state index is 14.7. The molecular formula is C72H80F12IN3P4. The number of halogens is 13. The largest absolute Gasteiger partial charge is 0.304 e. The molecule has 0 bridgehead atoms. The maximum atomic E-state index is 14.7.